The zero-order valence-electron chi connectivity index (χ0n) is 12.0. The van der Waals surface area contributed by atoms with Gasteiger partial charge in [-0.1, -0.05) is 30.3 Å². The van der Waals surface area contributed by atoms with Gasteiger partial charge in [0.25, 0.3) is 0 Å². The molecule has 0 saturated carbocycles. The van der Waals surface area contributed by atoms with Crippen molar-refractivity contribution >= 4 is 18.0 Å². The molecule has 1 atom stereocenters. The highest BCUT2D eigenvalue weighted by Crippen LogP contribution is 2.13. The Morgan fingerprint density at radius 2 is 2.05 bits per heavy atom. The maximum Gasteiger partial charge on any atom is 0.410 e. The summed E-state index contributed by atoms with van der Waals surface area (Å²) in [4.78, 5) is 36.0. The molecule has 1 fully saturated rings. The van der Waals surface area contributed by atoms with Crippen molar-refractivity contribution in [3.05, 3.63) is 35.9 Å². The highest BCUT2D eigenvalue weighted by atomic mass is 16.6. The predicted octanol–water partition coefficient (Wildman–Crippen LogP) is 0.988. The van der Waals surface area contributed by atoms with Crippen LogP contribution in [0.15, 0.2) is 30.3 Å². The van der Waals surface area contributed by atoms with Gasteiger partial charge >= 0.3 is 12.1 Å². The summed E-state index contributed by atoms with van der Waals surface area (Å²) in [5, 5.41) is 11.4. The molecule has 0 radical (unpaired) electrons. The fourth-order valence-electron chi connectivity index (χ4n) is 2.28. The number of ether oxygens (including phenoxy) is 1. The Morgan fingerprint density at radius 1 is 1.32 bits per heavy atom. The Bertz CT molecular complexity index is 546. The van der Waals surface area contributed by atoms with Gasteiger partial charge in [0.05, 0.1) is 0 Å². The fourth-order valence-corrected chi connectivity index (χ4v) is 2.28. The second-order valence-electron chi connectivity index (χ2n) is 4.97. The summed E-state index contributed by atoms with van der Waals surface area (Å²) < 4.78 is 5.21. The number of hydrogen-bond donors (Lipinski definition) is 2. The first kappa shape index (κ1) is 15.8. The zero-order chi connectivity index (χ0) is 15.9. The Balaban J connectivity index is 1.95. The van der Waals surface area contributed by atoms with Crippen LogP contribution in [0.5, 0.6) is 0 Å². The van der Waals surface area contributed by atoms with E-state index in [1.54, 1.807) is 0 Å². The largest absolute Gasteiger partial charge is 0.481 e. The first-order chi connectivity index (χ1) is 10.6. The molecule has 7 nitrogen and oxygen atoms in total. The first-order valence-electron chi connectivity index (χ1n) is 7.05. The molecular weight excluding hydrogens is 288 g/mol. The molecule has 0 bridgehead atoms. The lowest BCUT2D eigenvalue weighted by molar-refractivity contribution is -0.138. The number of carbonyl (C=O) groups excluding carboxylic acids is 2. The molecule has 2 N–H and O–H groups in total. The second kappa shape index (κ2) is 7.44. The number of benzene rings is 1. The summed E-state index contributed by atoms with van der Waals surface area (Å²) in [5.41, 5.74) is 0.847. The molecule has 1 aromatic carbocycles. The molecule has 1 aliphatic heterocycles. The zero-order valence-corrected chi connectivity index (χ0v) is 12.0. The number of aliphatic carboxylic acids is 1. The fraction of sp³-hybridized carbons (Fsp3) is 0.400. The van der Waals surface area contributed by atoms with Crippen LogP contribution in [0.2, 0.25) is 0 Å². The van der Waals surface area contributed by atoms with Crippen molar-refractivity contribution in [2.45, 2.75) is 25.5 Å². The Labute approximate surface area is 127 Å². The molecule has 1 saturated heterocycles. The molecule has 1 heterocycles. The predicted molar refractivity (Wildman–Crippen MR) is 77.0 cm³/mol. The smallest absolute Gasteiger partial charge is 0.410 e. The second-order valence-corrected chi connectivity index (χ2v) is 4.97. The Hall–Kier alpha value is -2.57. The molecular formula is C15H18N2O5. The number of amides is 2. The topological polar surface area (TPSA) is 95.9 Å². The molecule has 2 rings (SSSR count). The Morgan fingerprint density at radius 3 is 2.73 bits per heavy atom. The van der Waals surface area contributed by atoms with Gasteiger partial charge in [0.1, 0.15) is 12.6 Å². The lowest BCUT2D eigenvalue weighted by Gasteiger charge is -2.34. The van der Waals surface area contributed by atoms with Crippen LogP contribution in [0.3, 0.4) is 0 Å². The summed E-state index contributed by atoms with van der Waals surface area (Å²) in [5.74, 6) is -1.35. The van der Waals surface area contributed by atoms with E-state index in [0.717, 1.165) is 5.56 Å². The molecule has 1 unspecified atom stereocenters. The van der Waals surface area contributed by atoms with E-state index in [-0.39, 0.29) is 25.4 Å². The summed E-state index contributed by atoms with van der Waals surface area (Å²) in [6, 6.07) is 8.41. The Kier molecular flexibility index (Phi) is 5.35. The van der Waals surface area contributed by atoms with E-state index in [1.165, 1.54) is 4.90 Å². The molecule has 22 heavy (non-hydrogen) atoms. The number of rotatable bonds is 5. The van der Waals surface area contributed by atoms with Gasteiger partial charge in [-0.15, -0.1) is 0 Å². The SMILES string of the molecule is O=C(O)CCC1C(=O)NCCN1C(=O)OCc1ccccc1. The van der Waals surface area contributed by atoms with Gasteiger partial charge in [0.2, 0.25) is 5.91 Å². The number of carbonyl (C=O) groups is 3. The first-order valence-corrected chi connectivity index (χ1v) is 7.05. The molecule has 118 valence electrons. The van der Waals surface area contributed by atoms with E-state index in [1.807, 2.05) is 30.3 Å². The number of hydrogen-bond acceptors (Lipinski definition) is 4. The number of carboxylic acid groups (broad SMARTS) is 1. The summed E-state index contributed by atoms with van der Waals surface area (Å²) in [6.07, 6.45) is -0.712. The number of piperazine rings is 1. The van der Waals surface area contributed by atoms with Gasteiger partial charge in [-0.2, -0.15) is 0 Å². The van der Waals surface area contributed by atoms with Crippen molar-refractivity contribution in [3.63, 3.8) is 0 Å². The molecule has 0 spiro atoms. The van der Waals surface area contributed by atoms with E-state index < -0.39 is 18.1 Å². The maximum atomic E-state index is 12.1. The van der Waals surface area contributed by atoms with Crippen molar-refractivity contribution in [2.75, 3.05) is 13.1 Å². The van der Waals surface area contributed by atoms with Gasteiger partial charge in [-0.05, 0) is 12.0 Å². The molecule has 1 aromatic rings. The number of nitrogens with one attached hydrogen (secondary N) is 1. The van der Waals surface area contributed by atoms with Crippen molar-refractivity contribution in [3.8, 4) is 0 Å². The quantitative estimate of drug-likeness (QED) is 0.845. The van der Waals surface area contributed by atoms with E-state index in [9.17, 15) is 14.4 Å². The summed E-state index contributed by atoms with van der Waals surface area (Å²) in [6.45, 7) is 0.760. The molecule has 2 amide bonds. The van der Waals surface area contributed by atoms with Crippen LogP contribution in [0.4, 0.5) is 4.79 Å². The van der Waals surface area contributed by atoms with Gasteiger partial charge in [-0.25, -0.2) is 4.79 Å². The maximum absolute atomic E-state index is 12.1. The summed E-state index contributed by atoms with van der Waals surface area (Å²) in [7, 11) is 0. The van der Waals surface area contributed by atoms with Crippen LogP contribution in [-0.4, -0.2) is 47.1 Å². The minimum Gasteiger partial charge on any atom is -0.481 e. The van der Waals surface area contributed by atoms with Gasteiger partial charge in [0, 0.05) is 19.5 Å². The molecule has 7 heteroatoms. The van der Waals surface area contributed by atoms with Crippen molar-refractivity contribution in [1.82, 2.24) is 10.2 Å². The average Bonchev–Trinajstić information content (AvgIpc) is 2.52. The minimum absolute atomic E-state index is 0.0710. The van der Waals surface area contributed by atoms with Crippen LogP contribution < -0.4 is 5.32 Å². The van der Waals surface area contributed by atoms with Crippen LogP contribution in [0.25, 0.3) is 0 Å². The van der Waals surface area contributed by atoms with Crippen molar-refractivity contribution in [1.29, 1.82) is 0 Å². The van der Waals surface area contributed by atoms with Crippen molar-refractivity contribution < 1.29 is 24.2 Å². The van der Waals surface area contributed by atoms with E-state index in [0.29, 0.717) is 13.1 Å². The van der Waals surface area contributed by atoms with E-state index in [4.69, 9.17) is 9.84 Å². The third kappa shape index (κ3) is 4.21. The highest BCUT2D eigenvalue weighted by Gasteiger charge is 2.34. The van der Waals surface area contributed by atoms with Crippen LogP contribution in [0.1, 0.15) is 18.4 Å². The van der Waals surface area contributed by atoms with Crippen LogP contribution in [0, 0.1) is 0 Å². The van der Waals surface area contributed by atoms with Gasteiger partial charge < -0.3 is 15.2 Å². The lowest BCUT2D eigenvalue weighted by Crippen LogP contribution is -2.57. The lowest BCUT2D eigenvalue weighted by atomic mass is 10.1. The van der Waals surface area contributed by atoms with E-state index in [2.05, 4.69) is 5.32 Å². The minimum atomic E-state index is -1.00. The monoisotopic (exact) mass is 306 g/mol. The highest BCUT2D eigenvalue weighted by molar-refractivity contribution is 5.87. The standard InChI is InChI=1S/C15H18N2O5/c18-13(19)7-6-12-14(20)16-8-9-17(12)15(21)22-10-11-4-2-1-3-5-11/h1-5,12H,6-10H2,(H,16,20)(H,18,19). The van der Waals surface area contributed by atoms with E-state index >= 15 is 0 Å². The third-order valence-electron chi connectivity index (χ3n) is 3.40. The number of carboxylic acids is 1. The van der Waals surface area contributed by atoms with Gasteiger partial charge in [-0.3, -0.25) is 14.5 Å². The van der Waals surface area contributed by atoms with Crippen molar-refractivity contribution in [2.24, 2.45) is 0 Å². The molecule has 1 aliphatic rings. The molecule has 0 aliphatic carbocycles. The van der Waals surface area contributed by atoms with Crippen LogP contribution >= 0.6 is 0 Å². The summed E-state index contributed by atoms with van der Waals surface area (Å²) >= 11 is 0. The third-order valence-corrected chi connectivity index (χ3v) is 3.40. The molecule has 0 aromatic heterocycles. The van der Waals surface area contributed by atoms with Gasteiger partial charge in [0.15, 0.2) is 0 Å². The van der Waals surface area contributed by atoms with Crippen LogP contribution in [-0.2, 0) is 20.9 Å². The normalized spacial score (nSPS) is 17.7. The average molecular weight is 306 g/mol. The number of nitrogens with zero attached hydrogens (tertiary/aromatic N) is 1.